The van der Waals surface area contributed by atoms with Crippen molar-refractivity contribution >= 4 is 11.9 Å². The molecule has 2 atom stereocenters. The first-order valence-electron chi connectivity index (χ1n) is 7.19. The quantitative estimate of drug-likeness (QED) is 0.830. The second-order valence-electron chi connectivity index (χ2n) is 4.98. The minimum absolute atomic E-state index is 0.207. The van der Waals surface area contributed by atoms with Gasteiger partial charge in [0.1, 0.15) is 0 Å². The smallest absolute Gasteiger partial charge is 0.323 e. The summed E-state index contributed by atoms with van der Waals surface area (Å²) in [5.74, 6) is 1.34. The fourth-order valence-electron chi connectivity index (χ4n) is 2.23. The van der Waals surface area contributed by atoms with E-state index in [2.05, 4.69) is 25.2 Å². The lowest BCUT2D eigenvalue weighted by Crippen LogP contribution is -2.42. The number of nitrogens with zero attached hydrogens (tertiary/aromatic N) is 4. The van der Waals surface area contributed by atoms with Crippen LogP contribution in [0.25, 0.3) is 0 Å². The maximum absolute atomic E-state index is 9.80. The molecule has 7 heteroatoms. The number of rotatable bonds is 5. The Hall–Kier alpha value is -1.63. The molecule has 0 aromatic carbocycles. The highest BCUT2D eigenvalue weighted by Crippen LogP contribution is 2.22. The van der Waals surface area contributed by atoms with E-state index in [9.17, 15) is 5.11 Å². The molecule has 2 rings (SSSR count). The predicted molar refractivity (Wildman–Crippen MR) is 77.2 cm³/mol. The zero-order valence-corrected chi connectivity index (χ0v) is 12.3. The maximum atomic E-state index is 9.80. The highest BCUT2D eigenvalue weighted by molar-refractivity contribution is 5.39. The van der Waals surface area contributed by atoms with Gasteiger partial charge < -0.3 is 20.1 Å². The molecule has 1 aromatic heterocycles. The third kappa shape index (κ3) is 3.47. The van der Waals surface area contributed by atoms with E-state index in [4.69, 9.17) is 4.74 Å². The lowest BCUT2D eigenvalue weighted by atomic mass is 9.97. The van der Waals surface area contributed by atoms with Gasteiger partial charge in [-0.1, -0.05) is 6.92 Å². The summed E-state index contributed by atoms with van der Waals surface area (Å²) in [7, 11) is 0. The molecule has 1 saturated heterocycles. The second kappa shape index (κ2) is 6.69. The van der Waals surface area contributed by atoms with Crippen molar-refractivity contribution in [3.05, 3.63) is 0 Å². The van der Waals surface area contributed by atoms with Crippen LogP contribution in [0.4, 0.5) is 11.9 Å². The molecule has 2 N–H and O–H groups in total. The van der Waals surface area contributed by atoms with Gasteiger partial charge in [0.05, 0.1) is 12.7 Å². The molecular formula is C13H23N5O2. The van der Waals surface area contributed by atoms with Crippen molar-refractivity contribution in [1.29, 1.82) is 0 Å². The van der Waals surface area contributed by atoms with Crippen molar-refractivity contribution in [3.63, 3.8) is 0 Å². The van der Waals surface area contributed by atoms with Crippen LogP contribution in [0.1, 0.15) is 27.2 Å². The predicted octanol–water partition coefficient (Wildman–Crippen LogP) is 0.909. The molecular weight excluding hydrogens is 258 g/mol. The first kappa shape index (κ1) is 14.8. The maximum Gasteiger partial charge on any atom is 0.323 e. The number of aliphatic hydroxyl groups is 1. The van der Waals surface area contributed by atoms with Crippen molar-refractivity contribution in [2.45, 2.75) is 33.3 Å². The van der Waals surface area contributed by atoms with E-state index in [0.717, 1.165) is 26.1 Å². The van der Waals surface area contributed by atoms with Gasteiger partial charge in [-0.3, -0.25) is 0 Å². The fourth-order valence-corrected chi connectivity index (χ4v) is 2.23. The Bertz CT molecular complexity index is 419. The zero-order chi connectivity index (χ0) is 14.5. The Morgan fingerprint density at radius 3 is 2.80 bits per heavy atom. The number of aromatic nitrogens is 3. The minimum Gasteiger partial charge on any atom is -0.464 e. The van der Waals surface area contributed by atoms with Gasteiger partial charge in [-0.05, 0) is 26.2 Å². The van der Waals surface area contributed by atoms with Crippen molar-refractivity contribution in [2.75, 3.05) is 36.5 Å². The van der Waals surface area contributed by atoms with E-state index in [1.54, 1.807) is 0 Å². The Morgan fingerprint density at radius 1 is 1.35 bits per heavy atom. The second-order valence-corrected chi connectivity index (χ2v) is 4.98. The van der Waals surface area contributed by atoms with Crippen LogP contribution in [0, 0.1) is 5.92 Å². The molecule has 0 spiro atoms. The van der Waals surface area contributed by atoms with Gasteiger partial charge in [-0.25, -0.2) is 0 Å². The average molecular weight is 281 g/mol. The number of piperidine rings is 1. The molecule has 2 unspecified atom stereocenters. The number of hydrogen-bond acceptors (Lipinski definition) is 7. The number of ether oxygens (including phenoxy) is 1. The highest BCUT2D eigenvalue weighted by Gasteiger charge is 2.26. The topological polar surface area (TPSA) is 83.4 Å². The van der Waals surface area contributed by atoms with Crippen LogP contribution in [-0.2, 0) is 0 Å². The molecule has 112 valence electrons. The van der Waals surface area contributed by atoms with Gasteiger partial charge in [0.15, 0.2) is 0 Å². The molecule has 1 aliphatic heterocycles. The van der Waals surface area contributed by atoms with E-state index >= 15 is 0 Å². The van der Waals surface area contributed by atoms with Crippen LogP contribution in [0.5, 0.6) is 6.01 Å². The summed E-state index contributed by atoms with van der Waals surface area (Å²) in [4.78, 5) is 15.0. The number of aliphatic hydroxyl groups excluding tert-OH is 1. The zero-order valence-electron chi connectivity index (χ0n) is 12.3. The Morgan fingerprint density at radius 2 is 2.15 bits per heavy atom. The summed E-state index contributed by atoms with van der Waals surface area (Å²) >= 11 is 0. The molecule has 1 aromatic rings. The Balaban J connectivity index is 2.20. The van der Waals surface area contributed by atoms with Crippen LogP contribution < -0.4 is 15.0 Å². The van der Waals surface area contributed by atoms with E-state index in [1.807, 2.05) is 20.8 Å². The standard InChI is InChI=1S/C13H23N5O2/c1-4-14-11-15-12(17-13(16-11)20-5-2)18-7-6-10(19)9(3)8-18/h9-10,19H,4-8H2,1-3H3,(H,14,15,16,17). The van der Waals surface area contributed by atoms with Gasteiger partial charge in [-0.2, -0.15) is 15.0 Å². The SMILES string of the molecule is CCNc1nc(OCC)nc(N2CCC(O)C(C)C2)n1. The van der Waals surface area contributed by atoms with E-state index in [-0.39, 0.29) is 12.0 Å². The molecule has 20 heavy (non-hydrogen) atoms. The van der Waals surface area contributed by atoms with E-state index in [0.29, 0.717) is 24.5 Å². The number of hydrogen-bond donors (Lipinski definition) is 2. The van der Waals surface area contributed by atoms with E-state index < -0.39 is 0 Å². The molecule has 7 nitrogen and oxygen atoms in total. The average Bonchev–Trinajstić information content (AvgIpc) is 2.42. The minimum atomic E-state index is -0.243. The summed E-state index contributed by atoms with van der Waals surface area (Å²) in [6, 6.07) is 0.340. The lowest BCUT2D eigenvalue weighted by molar-refractivity contribution is 0.0966. The molecule has 0 amide bonds. The van der Waals surface area contributed by atoms with Crippen LogP contribution in [0.2, 0.25) is 0 Å². The molecule has 0 aliphatic carbocycles. The summed E-state index contributed by atoms with van der Waals surface area (Å²) in [5, 5.41) is 12.9. The van der Waals surface area contributed by atoms with Gasteiger partial charge in [0.2, 0.25) is 11.9 Å². The van der Waals surface area contributed by atoms with Crippen LogP contribution in [0.3, 0.4) is 0 Å². The van der Waals surface area contributed by atoms with Gasteiger partial charge in [0, 0.05) is 19.6 Å². The van der Waals surface area contributed by atoms with Crippen molar-refractivity contribution in [1.82, 2.24) is 15.0 Å². The van der Waals surface area contributed by atoms with Crippen molar-refractivity contribution in [3.8, 4) is 6.01 Å². The lowest BCUT2D eigenvalue weighted by Gasteiger charge is -2.34. The molecule has 2 heterocycles. The van der Waals surface area contributed by atoms with E-state index in [1.165, 1.54) is 0 Å². The van der Waals surface area contributed by atoms with Gasteiger partial charge >= 0.3 is 6.01 Å². The summed E-state index contributed by atoms with van der Waals surface area (Å²) in [6.45, 7) is 8.66. The van der Waals surface area contributed by atoms with Crippen LogP contribution >= 0.6 is 0 Å². The number of anilines is 2. The van der Waals surface area contributed by atoms with Crippen LogP contribution in [0.15, 0.2) is 0 Å². The highest BCUT2D eigenvalue weighted by atomic mass is 16.5. The number of nitrogens with one attached hydrogen (secondary N) is 1. The summed E-state index contributed by atoms with van der Waals surface area (Å²) in [5.41, 5.74) is 0. The summed E-state index contributed by atoms with van der Waals surface area (Å²) in [6.07, 6.45) is 0.487. The molecule has 0 saturated carbocycles. The van der Waals surface area contributed by atoms with Gasteiger partial charge in [-0.15, -0.1) is 0 Å². The Labute approximate surface area is 119 Å². The Kier molecular flexibility index (Phi) is 4.94. The molecule has 1 aliphatic rings. The monoisotopic (exact) mass is 281 g/mol. The van der Waals surface area contributed by atoms with Crippen molar-refractivity contribution in [2.24, 2.45) is 5.92 Å². The van der Waals surface area contributed by atoms with Crippen molar-refractivity contribution < 1.29 is 9.84 Å². The third-order valence-electron chi connectivity index (χ3n) is 3.35. The van der Waals surface area contributed by atoms with Gasteiger partial charge in [0.25, 0.3) is 0 Å². The molecule has 0 bridgehead atoms. The molecule has 1 fully saturated rings. The summed E-state index contributed by atoms with van der Waals surface area (Å²) < 4.78 is 5.39. The van der Waals surface area contributed by atoms with Crippen LogP contribution in [-0.4, -0.2) is 52.4 Å². The first-order chi connectivity index (χ1) is 9.63. The first-order valence-corrected chi connectivity index (χ1v) is 7.19. The largest absolute Gasteiger partial charge is 0.464 e. The molecule has 0 radical (unpaired) electrons. The fraction of sp³-hybridized carbons (Fsp3) is 0.769. The normalized spacial score (nSPS) is 22.7. The third-order valence-corrected chi connectivity index (χ3v) is 3.35.